The van der Waals surface area contributed by atoms with Crippen molar-refractivity contribution in [2.45, 2.75) is 113 Å². The first-order chi connectivity index (χ1) is 51.0. The van der Waals surface area contributed by atoms with Crippen LogP contribution in [0.25, 0.3) is 55.6 Å². The highest BCUT2D eigenvalue weighted by atomic mass is 35.5. The number of methoxy groups -OCH3 is 1. The van der Waals surface area contributed by atoms with Gasteiger partial charge in [-0.3, -0.25) is 19.2 Å². The highest BCUT2D eigenvalue weighted by molar-refractivity contribution is 6.09. The van der Waals surface area contributed by atoms with Gasteiger partial charge in [0.15, 0.2) is 0 Å². The van der Waals surface area contributed by atoms with Crippen LogP contribution in [0.1, 0.15) is 147 Å². The molecule has 556 valence electrons. The van der Waals surface area contributed by atoms with Crippen molar-refractivity contribution in [3.63, 3.8) is 0 Å². The number of rotatable bonds is 22. The largest absolute Gasteiger partial charge is 0.478 e. The summed E-state index contributed by atoms with van der Waals surface area (Å²) < 4.78 is 9.49. The van der Waals surface area contributed by atoms with Crippen molar-refractivity contribution in [2.75, 3.05) is 64.6 Å². The smallest absolute Gasteiger partial charge is 0.338 e. The van der Waals surface area contributed by atoms with E-state index in [1.54, 1.807) is 32.2 Å². The number of nitrogens with one attached hydrogen (secondary N) is 7. The van der Waals surface area contributed by atoms with Gasteiger partial charge < -0.3 is 67.3 Å². The van der Waals surface area contributed by atoms with Crippen molar-refractivity contribution < 1.29 is 38.6 Å². The lowest BCUT2D eigenvalue weighted by Gasteiger charge is -2.14. The molecule has 4 amide bonds. The van der Waals surface area contributed by atoms with Crippen molar-refractivity contribution in [3.05, 3.63) is 232 Å². The molecule has 0 atom stereocenters. The number of nitrogens with two attached hydrogens (primary N) is 2. The molecule has 0 bridgehead atoms. The Morgan fingerprint density at radius 2 is 1.04 bits per heavy atom. The Morgan fingerprint density at radius 3 is 1.58 bits per heavy atom. The van der Waals surface area contributed by atoms with Crippen LogP contribution >= 0.6 is 12.4 Å². The van der Waals surface area contributed by atoms with Gasteiger partial charge in [-0.1, -0.05) is 107 Å². The highest BCUT2D eigenvalue weighted by Gasteiger charge is 2.21. The lowest BCUT2D eigenvalue weighted by molar-refractivity contribution is -0.117. The number of aromatic amines is 1. The van der Waals surface area contributed by atoms with Crippen molar-refractivity contribution in [2.24, 2.45) is 7.05 Å². The van der Waals surface area contributed by atoms with Gasteiger partial charge in [-0.05, 0) is 183 Å². The molecule has 9 aromatic carbocycles. The van der Waals surface area contributed by atoms with E-state index in [-0.39, 0.29) is 53.3 Å². The Kier molecular flexibility index (Phi) is 28.1. The Labute approximate surface area is 630 Å². The van der Waals surface area contributed by atoms with Gasteiger partial charge in [0.25, 0.3) is 11.8 Å². The normalized spacial score (nSPS) is 10.7. The summed E-state index contributed by atoms with van der Waals surface area (Å²) in [5.74, 6) is 1.04. The second-order valence-electron chi connectivity index (χ2n) is 25.8. The predicted molar refractivity (Wildman–Crippen MR) is 436 cm³/mol. The molecule has 0 saturated carbocycles. The van der Waals surface area contributed by atoms with E-state index in [1.807, 2.05) is 126 Å². The number of aryl methyl sites for hydroxylation is 7. The maximum absolute atomic E-state index is 12.6. The van der Waals surface area contributed by atoms with E-state index < -0.39 is 5.97 Å². The number of esters is 1. The zero-order valence-electron chi connectivity index (χ0n) is 62.6. The minimum Gasteiger partial charge on any atom is -0.478 e. The number of imidazole rings is 3. The number of nitrogen functional groups attached to an aromatic ring is 2. The fraction of sp³-hybridized carbons (Fsp3) is 0.250. The molecule has 0 unspecified atom stereocenters. The fourth-order valence-corrected chi connectivity index (χ4v) is 12.5. The first-order valence-electron chi connectivity index (χ1n) is 35.5. The zero-order valence-corrected chi connectivity index (χ0v) is 63.5. The van der Waals surface area contributed by atoms with Crippen LogP contribution in [-0.2, 0) is 40.8 Å². The van der Waals surface area contributed by atoms with Gasteiger partial charge in [0.1, 0.15) is 17.5 Å². The first kappa shape index (κ1) is 80.4. The molecule has 0 fully saturated rings. The van der Waals surface area contributed by atoms with Crippen LogP contribution in [0.15, 0.2) is 170 Å². The molecule has 23 heteroatoms. The molecule has 0 aliphatic rings. The van der Waals surface area contributed by atoms with E-state index in [2.05, 4.69) is 127 Å². The number of carboxylic acids is 1. The summed E-state index contributed by atoms with van der Waals surface area (Å²) >= 11 is 0. The number of nitrogens with zero attached hydrogens (tertiary/aromatic N) is 5. The quantitative estimate of drug-likeness (QED) is 0.0223. The van der Waals surface area contributed by atoms with E-state index in [0.29, 0.717) is 64.4 Å². The monoisotopic (exact) mass is 1460 g/mol. The van der Waals surface area contributed by atoms with Gasteiger partial charge in [-0.15, -0.1) is 12.4 Å². The Hall–Kier alpha value is -12.3. The molecule has 0 spiro atoms. The van der Waals surface area contributed by atoms with Crippen LogP contribution in [0.2, 0.25) is 0 Å². The Morgan fingerprint density at radius 1 is 0.523 bits per heavy atom. The molecule has 22 nitrogen and oxygen atoms in total. The average molecular weight is 1460 g/mol. The van der Waals surface area contributed by atoms with Crippen molar-refractivity contribution in [3.8, 4) is 22.5 Å². The van der Waals surface area contributed by atoms with Crippen molar-refractivity contribution in [1.82, 2.24) is 29.1 Å². The summed E-state index contributed by atoms with van der Waals surface area (Å²) in [6.07, 6.45) is 6.22. The molecular weight excluding hydrogens is 1370 g/mol. The summed E-state index contributed by atoms with van der Waals surface area (Å²) in [6, 6.07) is 53.6. The lowest BCUT2D eigenvalue weighted by Crippen LogP contribution is -2.16. The molecule has 0 saturated heterocycles. The van der Waals surface area contributed by atoms with Crippen LogP contribution in [0, 0.1) is 27.7 Å². The minimum absolute atomic E-state index is 0. The van der Waals surface area contributed by atoms with Gasteiger partial charge >= 0.3 is 11.9 Å². The first-order valence-corrected chi connectivity index (χ1v) is 35.5. The van der Waals surface area contributed by atoms with E-state index >= 15 is 0 Å². The predicted octanol–water partition coefficient (Wildman–Crippen LogP) is 17.5. The summed E-state index contributed by atoms with van der Waals surface area (Å²) in [7, 11) is 7.11. The maximum Gasteiger partial charge on any atom is 0.338 e. The van der Waals surface area contributed by atoms with Crippen molar-refractivity contribution >= 4 is 127 Å². The average Bonchev–Trinajstić information content (AvgIpc) is 1.61. The van der Waals surface area contributed by atoms with Gasteiger partial charge in [-0.2, -0.15) is 0 Å². The number of anilines is 8. The van der Waals surface area contributed by atoms with E-state index in [9.17, 15) is 28.8 Å². The van der Waals surface area contributed by atoms with Gasteiger partial charge in [-0.25, -0.2) is 24.5 Å². The third-order valence-corrected chi connectivity index (χ3v) is 17.8. The second kappa shape index (κ2) is 37.4. The number of fused-ring (bicyclic) bond motifs is 3. The maximum atomic E-state index is 12.6. The SMILES string of the molecule is CCCC(=O)Nc1c(C)cc(C(=O)Nc2ccccc2NC)cc1N.CCCC(=O)Nc1c(C)cc(C(=O)O)cc1N.CCCc1nc2c(C)cc(-c3nc4ccccc4n3C)cc2n1Cc1ccc(-c2ccccc2C(=O)OC)cc1.CCCc1nc2c(C)cc(C(=O)Nc3ccccc3NC)cc2[nH]1.Cl. The van der Waals surface area contributed by atoms with E-state index in [0.717, 1.165) is 140 Å². The van der Waals surface area contributed by atoms with Crippen LogP contribution in [0.5, 0.6) is 0 Å². The summed E-state index contributed by atoms with van der Waals surface area (Å²) in [5.41, 5.74) is 32.1. The van der Waals surface area contributed by atoms with Crippen LogP contribution in [0.3, 0.4) is 0 Å². The number of amides is 4. The topological polar surface area (TPSA) is 320 Å². The van der Waals surface area contributed by atoms with E-state index in [1.165, 1.54) is 24.8 Å². The van der Waals surface area contributed by atoms with Gasteiger partial charge in [0, 0.05) is 70.1 Å². The van der Waals surface area contributed by atoms with Gasteiger partial charge in [0.2, 0.25) is 11.8 Å². The lowest BCUT2D eigenvalue weighted by atomic mass is 9.98. The molecule has 3 aromatic heterocycles. The molecule has 12 N–H and O–H groups in total. The third-order valence-electron chi connectivity index (χ3n) is 17.8. The summed E-state index contributed by atoms with van der Waals surface area (Å²) in [6.45, 7) is 16.5. The number of halogens is 1. The number of ether oxygens (including phenoxy) is 1. The molecule has 0 aliphatic heterocycles. The molecule has 12 aromatic rings. The number of hydrogen-bond acceptors (Lipinski definition) is 14. The minimum atomic E-state index is -1.04. The fourth-order valence-electron chi connectivity index (χ4n) is 12.5. The van der Waals surface area contributed by atoms with Gasteiger partial charge in [0.05, 0.1) is 96.8 Å². The molecular formula is C84H95ClN14O8. The highest BCUT2D eigenvalue weighted by Crippen LogP contribution is 2.34. The number of H-pyrrole nitrogens is 1. The number of benzene rings is 9. The molecule has 107 heavy (non-hydrogen) atoms. The number of carbonyl (C=O) groups is 6. The number of carbonyl (C=O) groups excluding carboxylic acids is 5. The zero-order chi connectivity index (χ0) is 76.3. The molecule has 0 radical (unpaired) electrons. The molecule has 0 aliphatic carbocycles. The molecule has 12 rings (SSSR count). The number of hydrogen-bond donors (Lipinski definition) is 10. The van der Waals surface area contributed by atoms with E-state index in [4.69, 9.17) is 31.3 Å². The Bertz CT molecular complexity index is 5150. The standard InChI is InChI=1S/C34H32N4O2.C19H24N4O2.C19H22N4O.C12H16N2O3.ClH/c1-5-10-31-36-32-22(2)19-25(33-35-28-13-8-9-14-29(28)37(33)3)20-30(32)38(31)21-23-15-17-24(18-16-23)26-11-6-7-12-27(26)34(39)40-4;1-4-7-17(24)23-18-12(2)10-13(11-14(18)20)19(25)22-16-9-6-5-8-15(16)21-3;1-4-7-17-21-16-11-13(10-12(2)18(16)23-17)19(24)22-15-9-6-5-8-14(15)20-3;1-3-4-10(15)14-11-7(2)5-8(12(16)17)6-9(11)13;/h6-9,11-20H,5,10,21H2,1-4H3;5-6,8-11,21H,4,7,20H2,1-3H3,(H,22,25)(H,23,24);5-6,8-11,20H,4,7H2,1-3H3,(H,21,23)(H,22,24);5-6H,3-4,13H2,1-2H3,(H,14,15)(H,16,17);1H. The third kappa shape index (κ3) is 19.8. The second-order valence-corrected chi connectivity index (χ2v) is 25.8. The molecule has 3 heterocycles. The number of para-hydroxylation sites is 6. The van der Waals surface area contributed by atoms with Crippen LogP contribution in [-0.4, -0.2) is 90.9 Å². The number of aromatic nitrogens is 6. The van der Waals surface area contributed by atoms with Crippen LogP contribution in [0.4, 0.5) is 45.5 Å². The van der Waals surface area contributed by atoms with Crippen molar-refractivity contribution in [1.29, 1.82) is 0 Å². The summed E-state index contributed by atoms with van der Waals surface area (Å²) in [4.78, 5) is 89.5. The number of carboxylic acid groups (broad SMARTS) is 1. The van der Waals surface area contributed by atoms with Crippen LogP contribution < -0.4 is 43.4 Å². The summed E-state index contributed by atoms with van der Waals surface area (Å²) in [5, 5.41) is 26.3. The number of aromatic carboxylic acids is 1. The Balaban J connectivity index is 0.000000189.